The predicted molar refractivity (Wildman–Crippen MR) is 108 cm³/mol. The lowest BCUT2D eigenvalue weighted by molar-refractivity contribution is 0.342. The second-order valence-corrected chi connectivity index (χ2v) is 7.50. The molecule has 0 aliphatic rings. The SMILES string of the molecule is COc1ccc(OCCSc2nnc3n(C(C)C)c4ccccc4n23)cc1. The molecule has 0 unspecified atom stereocenters. The van der Waals surface area contributed by atoms with Gasteiger partial charge in [-0.3, -0.25) is 4.40 Å². The van der Waals surface area contributed by atoms with E-state index < -0.39 is 0 Å². The van der Waals surface area contributed by atoms with Gasteiger partial charge < -0.3 is 14.0 Å². The Morgan fingerprint density at radius 1 is 0.963 bits per heavy atom. The van der Waals surface area contributed by atoms with Gasteiger partial charge in [0.2, 0.25) is 5.78 Å². The highest BCUT2D eigenvalue weighted by Crippen LogP contribution is 2.28. The predicted octanol–water partition coefficient (Wildman–Crippen LogP) is 4.44. The number of aromatic nitrogens is 4. The molecule has 0 spiro atoms. The van der Waals surface area contributed by atoms with E-state index in [4.69, 9.17) is 9.47 Å². The normalized spacial score (nSPS) is 11.6. The highest BCUT2D eigenvalue weighted by molar-refractivity contribution is 7.99. The second-order valence-electron chi connectivity index (χ2n) is 6.44. The molecule has 0 bridgehead atoms. The van der Waals surface area contributed by atoms with Crippen LogP contribution < -0.4 is 9.47 Å². The van der Waals surface area contributed by atoms with Gasteiger partial charge in [-0.25, -0.2) is 0 Å². The summed E-state index contributed by atoms with van der Waals surface area (Å²) in [6, 6.07) is 16.3. The van der Waals surface area contributed by atoms with Crippen molar-refractivity contribution in [3.63, 3.8) is 0 Å². The minimum atomic E-state index is 0.313. The van der Waals surface area contributed by atoms with Crippen LogP contribution in [0.1, 0.15) is 19.9 Å². The van der Waals surface area contributed by atoms with Crippen molar-refractivity contribution >= 4 is 28.6 Å². The Morgan fingerprint density at radius 3 is 2.37 bits per heavy atom. The van der Waals surface area contributed by atoms with E-state index in [1.807, 2.05) is 30.3 Å². The van der Waals surface area contributed by atoms with Crippen LogP contribution in [0.25, 0.3) is 16.8 Å². The standard InChI is InChI=1S/C20H22N4O2S/c1-14(2)23-17-6-4-5-7-18(17)24-19(23)21-22-20(24)27-13-12-26-16-10-8-15(25-3)9-11-16/h4-11,14H,12-13H2,1-3H3. The van der Waals surface area contributed by atoms with Crippen LogP contribution in [0.15, 0.2) is 53.7 Å². The molecular weight excluding hydrogens is 360 g/mol. The van der Waals surface area contributed by atoms with Crippen molar-refractivity contribution < 1.29 is 9.47 Å². The largest absolute Gasteiger partial charge is 0.497 e. The van der Waals surface area contributed by atoms with Gasteiger partial charge in [0.15, 0.2) is 5.16 Å². The first-order valence-electron chi connectivity index (χ1n) is 8.92. The lowest BCUT2D eigenvalue weighted by Crippen LogP contribution is -2.01. The van der Waals surface area contributed by atoms with Crippen LogP contribution in [0.3, 0.4) is 0 Å². The highest BCUT2D eigenvalue weighted by atomic mass is 32.2. The average molecular weight is 382 g/mol. The molecule has 2 aromatic heterocycles. The molecule has 4 aromatic rings. The minimum absolute atomic E-state index is 0.313. The number of benzene rings is 2. The van der Waals surface area contributed by atoms with Gasteiger partial charge in [-0.15, -0.1) is 10.2 Å². The summed E-state index contributed by atoms with van der Waals surface area (Å²) in [7, 11) is 1.65. The molecule has 0 aliphatic heterocycles. The van der Waals surface area contributed by atoms with E-state index in [9.17, 15) is 0 Å². The molecule has 0 atom stereocenters. The average Bonchev–Trinajstić information content (AvgIpc) is 3.23. The Hall–Kier alpha value is -2.67. The van der Waals surface area contributed by atoms with Gasteiger partial charge in [0.1, 0.15) is 11.5 Å². The molecule has 0 fully saturated rings. The molecule has 0 saturated heterocycles. The Labute approximate surface area is 162 Å². The van der Waals surface area contributed by atoms with E-state index in [1.165, 1.54) is 5.52 Å². The van der Waals surface area contributed by atoms with E-state index in [0.29, 0.717) is 12.6 Å². The summed E-state index contributed by atoms with van der Waals surface area (Å²) in [5, 5.41) is 9.72. The first kappa shape index (κ1) is 17.7. The monoisotopic (exact) mass is 382 g/mol. The van der Waals surface area contributed by atoms with Gasteiger partial charge in [0.25, 0.3) is 0 Å². The molecule has 0 amide bonds. The zero-order chi connectivity index (χ0) is 18.8. The van der Waals surface area contributed by atoms with Crippen molar-refractivity contribution in [3.05, 3.63) is 48.5 Å². The van der Waals surface area contributed by atoms with Crippen LogP contribution in [0.4, 0.5) is 0 Å². The summed E-state index contributed by atoms with van der Waals surface area (Å²) >= 11 is 1.65. The molecule has 2 heterocycles. The van der Waals surface area contributed by atoms with Crippen molar-refractivity contribution in [2.75, 3.05) is 19.5 Å². The van der Waals surface area contributed by atoms with Gasteiger partial charge in [0, 0.05) is 11.8 Å². The first-order chi connectivity index (χ1) is 13.2. The summed E-state index contributed by atoms with van der Waals surface area (Å²) in [5.74, 6) is 3.32. The zero-order valence-corrected chi connectivity index (χ0v) is 16.4. The van der Waals surface area contributed by atoms with Crippen LogP contribution in [-0.4, -0.2) is 38.6 Å². The maximum Gasteiger partial charge on any atom is 0.237 e. The van der Waals surface area contributed by atoms with Crippen molar-refractivity contribution in [2.45, 2.75) is 25.0 Å². The number of methoxy groups -OCH3 is 1. The summed E-state index contributed by atoms with van der Waals surface area (Å²) in [5.41, 5.74) is 2.30. The number of thioether (sulfide) groups is 1. The first-order valence-corrected chi connectivity index (χ1v) is 9.91. The molecule has 7 heteroatoms. The number of fused-ring (bicyclic) bond motifs is 3. The van der Waals surface area contributed by atoms with E-state index in [0.717, 1.165) is 33.7 Å². The smallest absolute Gasteiger partial charge is 0.237 e. The molecule has 27 heavy (non-hydrogen) atoms. The minimum Gasteiger partial charge on any atom is -0.497 e. The Bertz CT molecular complexity index is 1050. The fraction of sp³-hybridized carbons (Fsp3) is 0.300. The summed E-state index contributed by atoms with van der Waals surface area (Å²) in [4.78, 5) is 0. The van der Waals surface area contributed by atoms with Crippen molar-refractivity contribution in [1.82, 2.24) is 19.2 Å². The molecule has 6 nitrogen and oxygen atoms in total. The molecule has 0 saturated carbocycles. The Morgan fingerprint density at radius 2 is 1.67 bits per heavy atom. The molecule has 0 N–H and O–H groups in total. The van der Waals surface area contributed by atoms with Gasteiger partial charge in [-0.05, 0) is 50.2 Å². The number of imidazole rings is 1. The van der Waals surface area contributed by atoms with Crippen LogP contribution in [0.5, 0.6) is 11.5 Å². The van der Waals surface area contributed by atoms with Crippen LogP contribution in [0, 0.1) is 0 Å². The maximum atomic E-state index is 5.81. The molecule has 0 radical (unpaired) electrons. The molecule has 0 aliphatic carbocycles. The highest BCUT2D eigenvalue weighted by Gasteiger charge is 2.18. The van der Waals surface area contributed by atoms with Gasteiger partial charge in [0.05, 0.1) is 24.8 Å². The summed E-state index contributed by atoms with van der Waals surface area (Å²) < 4.78 is 15.3. The quantitative estimate of drug-likeness (QED) is 0.349. The van der Waals surface area contributed by atoms with E-state index in [1.54, 1.807) is 18.9 Å². The van der Waals surface area contributed by atoms with Crippen molar-refractivity contribution in [3.8, 4) is 11.5 Å². The molecule has 140 valence electrons. The van der Waals surface area contributed by atoms with E-state index >= 15 is 0 Å². The lowest BCUT2D eigenvalue weighted by Gasteiger charge is -2.07. The number of hydrogen-bond acceptors (Lipinski definition) is 5. The molecule has 2 aromatic carbocycles. The third kappa shape index (κ3) is 3.35. The number of hydrogen-bond donors (Lipinski definition) is 0. The fourth-order valence-corrected chi connectivity index (χ4v) is 3.92. The van der Waals surface area contributed by atoms with Crippen LogP contribution in [-0.2, 0) is 0 Å². The van der Waals surface area contributed by atoms with Crippen LogP contribution in [0.2, 0.25) is 0 Å². The van der Waals surface area contributed by atoms with Gasteiger partial charge in [-0.2, -0.15) is 0 Å². The van der Waals surface area contributed by atoms with E-state index in [-0.39, 0.29) is 0 Å². The van der Waals surface area contributed by atoms with Crippen LogP contribution >= 0.6 is 11.8 Å². The van der Waals surface area contributed by atoms with Gasteiger partial charge >= 0.3 is 0 Å². The molecule has 4 rings (SSSR count). The van der Waals surface area contributed by atoms with Gasteiger partial charge in [-0.1, -0.05) is 23.9 Å². The number of rotatable bonds is 7. The number of ether oxygens (including phenoxy) is 2. The lowest BCUT2D eigenvalue weighted by atomic mass is 10.3. The topological polar surface area (TPSA) is 53.6 Å². The summed E-state index contributed by atoms with van der Waals surface area (Å²) in [6.45, 7) is 4.92. The fourth-order valence-electron chi connectivity index (χ4n) is 3.16. The Kier molecular flexibility index (Phi) is 4.94. The third-order valence-corrected chi connectivity index (χ3v) is 5.27. The number of para-hydroxylation sites is 2. The number of nitrogens with zero attached hydrogens (tertiary/aromatic N) is 4. The van der Waals surface area contributed by atoms with Crippen molar-refractivity contribution in [2.24, 2.45) is 0 Å². The third-order valence-electron chi connectivity index (χ3n) is 4.37. The Balaban J connectivity index is 1.50. The maximum absolute atomic E-state index is 5.81. The van der Waals surface area contributed by atoms with Crippen molar-refractivity contribution in [1.29, 1.82) is 0 Å². The molecular formula is C20H22N4O2S. The van der Waals surface area contributed by atoms with E-state index in [2.05, 4.69) is 51.2 Å². The summed E-state index contributed by atoms with van der Waals surface area (Å²) in [6.07, 6.45) is 0. The second kappa shape index (κ2) is 7.52. The zero-order valence-electron chi connectivity index (χ0n) is 15.6.